The Morgan fingerprint density at radius 3 is 2.58 bits per heavy atom. The van der Waals surface area contributed by atoms with Crippen LogP contribution in [0.5, 0.6) is 5.75 Å². The first kappa shape index (κ1) is 22.4. The molecule has 9 heteroatoms. The zero-order valence-corrected chi connectivity index (χ0v) is 19.5. The first-order chi connectivity index (χ1) is 15.7. The molecular weight excluding hydrogens is 440 g/mol. The van der Waals surface area contributed by atoms with Gasteiger partial charge < -0.3 is 4.74 Å². The Balaban J connectivity index is 1.74. The van der Waals surface area contributed by atoms with Crippen LogP contribution >= 0.6 is 11.6 Å². The summed E-state index contributed by atoms with van der Waals surface area (Å²) < 4.78 is 9.29. The van der Waals surface area contributed by atoms with Crippen molar-refractivity contribution >= 4 is 11.6 Å². The molecule has 2 heterocycles. The molecule has 0 aliphatic rings. The Hall–Kier alpha value is -3.83. The lowest BCUT2D eigenvalue weighted by atomic mass is 9.99. The average Bonchev–Trinajstić information content (AvgIpc) is 3.40. The van der Waals surface area contributed by atoms with Gasteiger partial charge in [0.2, 0.25) is 0 Å². The molecule has 0 aliphatic carbocycles. The Morgan fingerprint density at radius 1 is 1.18 bits per heavy atom. The number of ether oxygens (including phenoxy) is 1. The predicted octanol–water partition coefficient (Wildman–Crippen LogP) is 4.50. The molecule has 4 rings (SSSR count). The normalized spacial score (nSPS) is 11.4. The lowest BCUT2D eigenvalue weighted by Gasteiger charge is -2.18. The van der Waals surface area contributed by atoms with Crippen LogP contribution in [0.1, 0.15) is 32.2 Å². The van der Waals surface area contributed by atoms with Crippen molar-refractivity contribution < 1.29 is 4.74 Å². The van der Waals surface area contributed by atoms with Gasteiger partial charge in [-0.25, -0.2) is 9.89 Å². The minimum atomic E-state index is -0.325. The molecular formula is C24H23ClN6O2. The summed E-state index contributed by atoms with van der Waals surface area (Å²) in [5, 5.41) is 20.9. The summed E-state index contributed by atoms with van der Waals surface area (Å²) in [6.07, 6.45) is 1.96. The highest BCUT2D eigenvalue weighted by atomic mass is 35.5. The summed E-state index contributed by atoms with van der Waals surface area (Å²) in [5.41, 5.74) is 3.22. The molecule has 0 spiro atoms. The molecule has 0 saturated heterocycles. The van der Waals surface area contributed by atoms with Crippen LogP contribution in [0.2, 0.25) is 5.02 Å². The molecule has 2 aromatic carbocycles. The summed E-state index contributed by atoms with van der Waals surface area (Å²) in [5.74, 6) is 0.916. The van der Waals surface area contributed by atoms with Crippen LogP contribution in [-0.4, -0.2) is 24.5 Å². The number of nitriles is 1. The lowest BCUT2D eigenvalue weighted by molar-refractivity contribution is 0.292. The fourth-order valence-corrected chi connectivity index (χ4v) is 3.53. The highest BCUT2D eigenvalue weighted by Gasteiger charge is 2.17. The standard InChI is InChI=1S/C24H23ClN6O2/c1-24(2,3)31-9-8-20(29-31)16-7-5-6-15(10-16)18-11-17(13-26)19(25)12-21(18)33-14-22-27-28-23(32)30(22)4/h5-12H,14H2,1-4H3,(H,28,32). The minimum Gasteiger partial charge on any atom is -0.485 e. The Labute approximate surface area is 196 Å². The summed E-state index contributed by atoms with van der Waals surface area (Å²) >= 11 is 6.29. The molecule has 0 radical (unpaired) electrons. The van der Waals surface area contributed by atoms with Crippen LogP contribution in [0, 0.1) is 11.3 Å². The van der Waals surface area contributed by atoms with E-state index in [2.05, 4.69) is 37.0 Å². The second-order valence-corrected chi connectivity index (χ2v) is 9.04. The molecule has 0 bridgehead atoms. The fraction of sp³-hybridized carbons (Fsp3) is 0.250. The topological polar surface area (TPSA) is 102 Å². The van der Waals surface area contributed by atoms with Gasteiger partial charge in [0.05, 0.1) is 21.8 Å². The van der Waals surface area contributed by atoms with Crippen LogP contribution in [0.15, 0.2) is 53.5 Å². The van der Waals surface area contributed by atoms with E-state index in [1.807, 2.05) is 41.2 Å². The van der Waals surface area contributed by atoms with Crippen LogP contribution in [0.4, 0.5) is 0 Å². The van der Waals surface area contributed by atoms with Crippen LogP contribution in [0.3, 0.4) is 0 Å². The van der Waals surface area contributed by atoms with E-state index < -0.39 is 0 Å². The number of halogens is 1. The van der Waals surface area contributed by atoms with Gasteiger partial charge in [0.25, 0.3) is 0 Å². The lowest BCUT2D eigenvalue weighted by Crippen LogP contribution is -2.22. The second-order valence-electron chi connectivity index (χ2n) is 8.63. The molecule has 33 heavy (non-hydrogen) atoms. The van der Waals surface area contributed by atoms with E-state index in [0.29, 0.717) is 22.7 Å². The maximum absolute atomic E-state index is 11.6. The zero-order chi connectivity index (χ0) is 23.8. The first-order valence-corrected chi connectivity index (χ1v) is 10.7. The van der Waals surface area contributed by atoms with Gasteiger partial charge in [0, 0.05) is 30.4 Å². The summed E-state index contributed by atoms with van der Waals surface area (Å²) in [6.45, 7) is 6.34. The molecule has 168 valence electrons. The van der Waals surface area contributed by atoms with Gasteiger partial charge in [0.1, 0.15) is 18.4 Å². The van der Waals surface area contributed by atoms with Crippen molar-refractivity contribution in [2.75, 3.05) is 0 Å². The van der Waals surface area contributed by atoms with E-state index in [-0.39, 0.29) is 22.9 Å². The van der Waals surface area contributed by atoms with E-state index in [9.17, 15) is 10.1 Å². The number of H-pyrrole nitrogens is 1. The van der Waals surface area contributed by atoms with E-state index in [1.54, 1.807) is 19.2 Å². The van der Waals surface area contributed by atoms with Gasteiger partial charge >= 0.3 is 5.69 Å². The second kappa shape index (κ2) is 8.60. The van der Waals surface area contributed by atoms with Gasteiger partial charge in [-0.3, -0.25) is 9.25 Å². The largest absolute Gasteiger partial charge is 0.485 e. The molecule has 2 aromatic heterocycles. The highest BCUT2D eigenvalue weighted by molar-refractivity contribution is 6.32. The van der Waals surface area contributed by atoms with Crippen molar-refractivity contribution in [2.45, 2.75) is 32.9 Å². The smallest absolute Gasteiger partial charge is 0.343 e. The maximum Gasteiger partial charge on any atom is 0.343 e. The number of nitrogens with zero attached hydrogens (tertiary/aromatic N) is 5. The summed E-state index contributed by atoms with van der Waals surface area (Å²) in [4.78, 5) is 11.6. The minimum absolute atomic E-state index is 0.0557. The first-order valence-electron chi connectivity index (χ1n) is 10.3. The molecule has 0 aliphatic heterocycles. The Morgan fingerprint density at radius 2 is 1.94 bits per heavy atom. The SMILES string of the molecule is Cn1c(COc2cc(Cl)c(C#N)cc2-c2cccc(-c3ccn(C(C)(C)C)n3)c2)n[nH]c1=O. The molecule has 0 saturated carbocycles. The molecule has 0 atom stereocenters. The van der Waals surface area contributed by atoms with Gasteiger partial charge in [-0.05, 0) is 44.5 Å². The van der Waals surface area contributed by atoms with Crippen molar-refractivity contribution in [3.63, 3.8) is 0 Å². The number of nitrogens with one attached hydrogen (secondary N) is 1. The maximum atomic E-state index is 11.6. The third-order valence-corrected chi connectivity index (χ3v) is 5.58. The quantitative estimate of drug-likeness (QED) is 0.470. The number of aromatic nitrogens is 5. The summed E-state index contributed by atoms with van der Waals surface area (Å²) in [7, 11) is 1.61. The molecule has 0 fully saturated rings. The van der Waals surface area contributed by atoms with Crippen molar-refractivity contribution in [1.82, 2.24) is 24.5 Å². The van der Waals surface area contributed by atoms with Gasteiger partial charge in [-0.2, -0.15) is 15.5 Å². The third-order valence-electron chi connectivity index (χ3n) is 5.26. The molecule has 8 nitrogen and oxygen atoms in total. The van der Waals surface area contributed by atoms with Crippen molar-refractivity contribution in [3.8, 4) is 34.2 Å². The predicted molar refractivity (Wildman–Crippen MR) is 126 cm³/mol. The average molecular weight is 463 g/mol. The van der Waals surface area contributed by atoms with Crippen molar-refractivity contribution in [1.29, 1.82) is 5.26 Å². The van der Waals surface area contributed by atoms with Crippen LogP contribution in [0.25, 0.3) is 22.4 Å². The third kappa shape index (κ3) is 4.54. The van der Waals surface area contributed by atoms with Crippen LogP contribution < -0.4 is 10.4 Å². The van der Waals surface area contributed by atoms with Crippen LogP contribution in [-0.2, 0) is 19.2 Å². The van der Waals surface area contributed by atoms with Gasteiger partial charge in [-0.15, -0.1) is 0 Å². The number of hydrogen-bond acceptors (Lipinski definition) is 5. The Bertz CT molecular complexity index is 1420. The van der Waals surface area contributed by atoms with E-state index in [4.69, 9.17) is 21.4 Å². The molecule has 0 amide bonds. The van der Waals surface area contributed by atoms with E-state index in [1.165, 1.54) is 4.57 Å². The molecule has 4 aromatic rings. The van der Waals surface area contributed by atoms with E-state index >= 15 is 0 Å². The number of aromatic amines is 1. The number of rotatable bonds is 5. The van der Waals surface area contributed by atoms with Crippen molar-refractivity contribution in [2.24, 2.45) is 7.05 Å². The molecule has 1 N–H and O–H groups in total. The zero-order valence-electron chi connectivity index (χ0n) is 18.8. The fourth-order valence-electron chi connectivity index (χ4n) is 3.33. The Kier molecular flexibility index (Phi) is 5.83. The summed E-state index contributed by atoms with van der Waals surface area (Å²) in [6, 6.07) is 15.3. The highest BCUT2D eigenvalue weighted by Crippen LogP contribution is 2.37. The van der Waals surface area contributed by atoms with E-state index in [0.717, 1.165) is 16.8 Å². The number of benzene rings is 2. The van der Waals surface area contributed by atoms with Gasteiger partial charge in [-0.1, -0.05) is 29.8 Å². The van der Waals surface area contributed by atoms with Crippen molar-refractivity contribution in [3.05, 3.63) is 75.6 Å². The number of hydrogen-bond donors (Lipinski definition) is 1. The van der Waals surface area contributed by atoms with Gasteiger partial charge in [0.15, 0.2) is 5.82 Å². The monoisotopic (exact) mass is 462 g/mol. The molecule has 0 unspecified atom stereocenters.